The molecule has 2 aromatic heterocycles. The van der Waals surface area contributed by atoms with Crippen LogP contribution < -0.4 is 5.32 Å². The molecule has 0 bridgehead atoms. The maximum absolute atomic E-state index is 12.6. The Kier molecular flexibility index (Phi) is 4.97. The highest BCUT2D eigenvalue weighted by Gasteiger charge is 2.37. The van der Waals surface area contributed by atoms with Crippen molar-refractivity contribution in [2.24, 2.45) is 0 Å². The number of anilines is 1. The van der Waals surface area contributed by atoms with Crippen LogP contribution in [0.2, 0.25) is 0 Å². The highest BCUT2D eigenvalue weighted by atomic mass is 32.1. The minimum absolute atomic E-state index is 0.264. The Bertz CT molecular complexity index is 744. The summed E-state index contributed by atoms with van der Waals surface area (Å²) >= 11 is 1.11. The fourth-order valence-corrected chi connectivity index (χ4v) is 2.22. The van der Waals surface area contributed by atoms with Crippen LogP contribution >= 0.6 is 11.3 Å². The lowest BCUT2D eigenvalue weighted by Gasteiger charge is -2.18. The Hall–Kier alpha value is -2.36. The van der Waals surface area contributed by atoms with Gasteiger partial charge in [-0.1, -0.05) is 0 Å². The minimum Gasteiger partial charge on any atom is -0.444 e. The van der Waals surface area contributed by atoms with Gasteiger partial charge in [0.15, 0.2) is 11.5 Å². The van der Waals surface area contributed by atoms with Gasteiger partial charge in [-0.05, 0) is 32.9 Å². The number of aromatic nitrogens is 2. The fraction of sp³-hybridized carbons (Fsp3) is 0.357. The molecule has 6 nitrogen and oxygen atoms in total. The second kappa shape index (κ2) is 6.63. The van der Waals surface area contributed by atoms with E-state index in [1.165, 1.54) is 6.08 Å². The smallest absolute Gasteiger partial charge is 0.444 e. The molecule has 0 saturated heterocycles. The van der Waals surface area contributed by atoms with Gasteiger partial charge in [0.25, 0.3) is 0 Å². The molecule has 0 aliphatic heterocycles. The summed E-state index contributed by atoms with van der Waals surface area (Å²) in [7, 11) is 0. The zero-order chi connectivity index (χ0) is 18.0. The van der Waals surface area contributed by atoms with E-state index in [4.69, 9.17) is 4.74 Å². The first-order chi connectivity index (χ1) is 11.0. The predicted octanol–water partition coefficient (Wildman–Crippen LogP) is 4.67. The molecule has 0 radical (unpaired) electrons. The predicted molar refractivity (Wildman–Crippen MR) is 82.4 cm³/mol. The van der Waals surface area contributed by atoms with Gasteiger partial charge in [-0.2, -0.15) is 13.2 Å². The molecule has 0 aliphatic rings. The van der Waals surface area contributed by atoms with Gasteiger partial charge in [0.2, 0.25) is 5.76 Å². The molecular formula is C14H14F3N3O3S. The largest absolute Gasteiger partial charge is 0.451 e. The molecule has 0 fully saturated rings. The molecule has 130 valence electrons. The van der Waals surface area contributed by atoms with Crippen molar-refractivity contribution in [2.45, 2.75) is 32.5 Å². The first kappa shape index (κ1) is 18.0. The van der Waals surface area contributed by atoms with Crippen molar-refractivity contribution in [3.8, 4) is 0 Å². The SMILES string of the molecule is CC(C)(C)OC(=O)Nc1nc(/C=C/c2ncoc2C(F)(F)F)cs1. The number of carbonyl (C=O) groups is 1. The van der Waals surface area contributed by atoms with Crippen LogP contribution in [0, 0.1) is 0 Å². The number of thiazole rings is 1. The topological polar surface area (TPSA) is 77.2 Å². The molecule has 1 amide bonds. The van der Waals surface area contributed by atoms with E-state index in [-0.39, 0.29) is 10.8 Å². The van der Waals surface area contributed by atoms with Crippen LogP contribution in [-0.2, 0) is 10.9 Å². The monoisotopic (exact) mass is 361 g/mol. The maximum Gasteiger partial charge on any atom is 0.451 e. The molecule has 10 heteroatoms. The highest BCUT2D eigenvalue weighted by molar-refractivity contribution is 7.14. The van der Waals surface area contributed by atoms with Crippen molar-refractivity contribution in [2.75, 3.05) is 5.32 Å². The molecule has 2 rings (SSSR count). The average Bonchev–Trinajstić information content (AvgIpc) is 3.01. The Labute approximate surface area is 139 Å². The lowest BCUT2D eigenvalue weighted by atomic mass is 10.2. The first-order valence-corrected chi connectivity index (χ1v) is 7.57. The number of hydrogen-bond acceptors (Lipinski definition) is 6. The number of alkyl halides is 3. The van der Waals surface area contributed by atoms with Crippen LogP contribution in [0.25, 0.3) is 12.2 Å². The van der Waals surface area contributed by atoms with Gasteiger partial charge >= 0.3 is 12.3 Å². The van der Waals surface area contributed by atoms with Crippen LogP contribution in [0.15, 0.2) is 16.2 Å². The Balaban J connectivity index is 2.04. The fourth-order valence-electron chi connectivity index (χ4n) is 1.56. The third-order valence-electron chi connectivity index (χ3n) is 2.39. The van der Waals surface area contributed by atoms with Gasteiger partial charge in [-0.15, -0.1) is 11.3 Å². The van der Waals surface area contributed by atoms with Gasteiger partial charge in [0, 0.05) is 5.38 Å². The van der Waals surface area contributed by atoms with Crippen LogP contribution in [0.1, 0.15) is 37.9 Å². The third kappa shape index (κ3) is 5.08. The van der Waals surface area contributed by atoms with E-state index in [0.717, 1.165) is 23.8 Å². The normalized spacial score (nSPS) is 12.6. The zero-order valence-corrected chi connectivity index (χ0v) is 13.8. The third-order valence-corrected chi connectivity index (χ3v) is 3.17. The van der Waals surface area contributed by atoms with Crippen molar-refractivity contribution >= 4 is 34.7 Å². The second-order valence-electron chi connectivity index (χ2n) is 5.60. The number of oxazole rings is 1. The van der Waals surface area contributed by atoms with E-state index >= 15 is 0 Å². The molecule has 0 aromatic carbocycles. The molecule has 0 unspecified atom stereocenters. The Morgan fingerprint density at radius 3 is 2.67 bits per heavy atom. The van der Waals surface area contributed by atoms with E-state index < -0.39 is 23.6 Å². The van der Waals surface area contributed by atoms with Crippen LogP contribution in [-0.4, -0.2) is 21.7 Å². The zero-order valence-electron chi connectivity index (χ0n) is 13.0. The summed E-state index contributed by atoms with van der Waals surface area (Å²) in [4.78, 5) is 19.2. The van der Waals surface area contributed by atoms with Crippen LogP contribution in [0.3, 0.4) is 0 Å². The molecule has 2 aromatic rings. The van der Waals surface area contributed by atoms with E-state index in [1.807, 2.05) is 0 Å². The van der Waals surface area contributed by atoms with Crippen molar-refractivity contribution in [1.29, 1.82) is 0 Å². The molecule has 2 heterocycles. The number of nitrogens with one attached hydrogen (secondary N) is 1. The molecule has 0 spiro atoms. The number of rotatable bonds is 3. The average molecular weight is 361 g/mol. The van der Waals surface area contributed by atoms with Crippen molar-refractivity contribution in [3.63, 3.8) is 0 Å². The summed E-state index contributed by atoms with van der Waals surface area (Å²) in [6.45, 7) is 5.16. The molecule has 24 heavy (non-hydrogen) atoms. The number of hydrogen-bond donors (Lipinski definition) is 1. The standard InChI is InChI=1S/C14H14F3N3O3S/c1-13(2,3)23-12(21)20-11-19-8(6-24-11)4-5-9-10(14(15,16)17)22-7-18-9/h4-7H,1-3H3,(H,19,20,21)/b5-4+. The van der Waals surface area contributed by atoms with E-state index in [2.05, 4.69) is 19.7 Å². The summed E-state index contributed by atoms with van der Waals surface area (Å²) in [5.41, 5.74) is -0.635. The van der Waals surface area contributed by atoms with Crippen molar-refractivity contribution < 1.29 is 27.1 Å². The van der Waals surface area contributed by atoms with Crippen LogP contribution in [0.5, 0.6) is 0 Å². The summed E-state index contributed by atoms with van der Waals surface area (Å²) < 4.78 is 47.4. The number of nitrogens with zero attached hydrogens (tertiary/aromatic N) is 2. The van der Waals surface area contributed by atoms with Gasteiger partial charge in [0.05, 0.1) is 5.69 Å². The molecule has 1 N–H and O–H groups in total. The number of halogens is 3. The van der Waals surface area contributed by atoms with E-state index in [1.54, 1.807) is 26.2 Å². The summed E-state index contributed by atoms with van der Waals surface area (Å²) in [5.74, 6) is -1.18. The van der Waals surface area contributed by atoms with E-state index in [0.29, 0.717) is 5.69 Å². The number of amides is 1. The van der Waals surface area contributed by atoms with Crippen LogP contribution in [0.4, 0.5) is 23.1 Å². The molecule has 0 saturated carbocycles. The number of carbonyl (C=O) groups excluding carboxylic acids is 1. The quantitative estimate of drug-likeness (QED) is 0.860. The Morgan fingerprint density at radius 2 is 2.04 bits per heavy atom. The van der Waals surface area contributed by atoms with Crippen molar-refractivity contribution in [1.82, 2.24) is 9.97 Å². The number of ether oxygens (including phenoxy) is 1. The van der Waals surface area contributed by atoms with Crippen molar-refractivity contribution in [3.05, 3.63) is 28.9 Å². The highest BCUT2D eigenvalue weighted by Crippen LogP contribution is 2.32. The summed E-state index contributed by atoms with van der Waals surface area (Å²) in [6.07, 6.45) is -2.09. The molecular weight excluding hydrogens is 347 g/mol. The lowest BCUT2D eigenvalue weighted by molar-refractivity contribution is -0.153. The second-order valence-corrected chi connectivity index (χ2v) is 6.46. The summed E-state index contributed by atoms with van der Waals surface area (Å²) in [6, 6.07) is 0. The Morgan fingerprint density at radius 1 is 1.33 bits per heavy atom. The molecule has 0 aliphatic carbocycles. The molecule has 0 atom stereocenters. The minimum atomic E-state index is -4.62. The summed E-state index contributed by atoms with van der Waals surface area (Å²) in [5, 5.41) is 4.28. The van der Waals surface area contributed by atoms with Gasteiger partial charge in [0.1, 0.15) is 11.3 Å². The van der Waals surface area contributed by atoms with Gasteiger partial charge < -0.3 is 9.15 Å². The van der Waals surface area contributed by atoms with E-state index in [9.17, 15) is 18.0 Å². The van der Waals surface area contributed by atoms with Gasteiger partial charge in [-0.3, -0.25) is 5.32 Å². The first-order valence-electron chi connectivity index (χ1n) is 6.69. The maximum atomic E-state index is 12.6. The lowest BCUT2D eigenvalue weighted by Crippen LogP contribution is -2.27. The van der Waals surface area contributed by atoms with Gasteiger partial charge in [-0.25, -0.2) is 14.8 Å².